The van der Waals surface area contributed by atoms with E-state index in [1.807, 2.05) is 31.2 Å². The Bertz CT molecular complexity index is 727. The average Bonchev–Trinajstić information content (AvgIpc) is 2.61. The summed E-state index contributed by atoms with van der Waals surface area (Å²) in [6.45, 7) is 2.24. The molecule has 2 aromatic rings. The molecule has 0 bridgehead atoms. The normalized spacial score (nSPS) is 15.0. The van der Waals surface area contributed by atoms with Gasteiger partial charge in [0.1, 0.15) is 17.3 Å². The summed E-state index contributed by atoms with van der Waals surface area (Å²) in [5, 5.41) is 7.02. The third kappa shape index (κ3) is 5.16. The Balaban J connectivity index is 1.64. The van der Waals surface area contributed by atoms with Crippen molar-refractivity contribution >= 4 is 23.3 Å². The van der Waals surface area contributed by atoms with Crippen LogP contribution < -0.4 is 10.6 Å². The number of hydrogen-bond donors (Lipinski definition) is 2. The molecule has 0 aliphatic heterocycles. The quantitative estimate of drug-likeness (QED) is 0.843. The van der Waals surface area contributed by atoms with E-state index in [0.29, 0.717) is 29.1 Å². The zero-order chi connectivity index (χ0) is 17.6. The second kappa shape index (κ2) is 8.30. The minimum absolute atomic E-state index is 0.202. The second-order valence-corrected chi connectivity index (χ2v) is 6.91. The summed E-state index contributed by atoms with van der Waals surface area (Å²) >= 11 is 5.87. The minimum Gasteiger partial charge on any atom is -0.367 e. The van der Waals surface area contributed by atoms with Crippen molar-refractivity contribution in [2.24, 2.45) is 0 Å². The molecule has 1 aromatic heterocycles. The maximum atomic E-state index is 12.4. The molecule has 5 nitrogen and oxygen atoms in total. The number of hydrogen-bond acceptors (Lipinski definition) is 4. The minimum atomic E-state index is -0.202. The molecule has 1 aromatic carbocycles. The van der Waals surface area contributed by atoms with Gasteiger partial charge >= 0.3 is 0 Å². The molecule has 1 saturated carbocycles. The van der Waals surface area contributed by atoms with Gasteiger partial charge in [-0.05, 0) is 37.5 Å². The third-order valence-electron chi connectivity index (χ3n) is 4.39. The summed E-state index contributed by atoms with van der Waals surface area (Å²) in [4.78, 5) is 21.1. The number of aryl methyl sites for hydroxylation is 1. The number of carbonyl (C=O) groups is 1. The molecule has 1 fully saturated rings. The van der Waals surface area contributed by atoms with Gasteiger partial charge in [-0.2, -0.15) is 0 Å². The number of benzene rings is 1. The van der Waals surface area contributed by atoms with Gasteiger partial charge in [0.05, 0.1) is 0 Å². The van der Waals surface area contributed by atoms with Crippen LogP contribution in [-0.4, -0.2) is 21.9 Å². The first kappa shape index (κ1) is 17.7. The topological polar surface area (TPSA) is 66.9 Å². The Morgan fingerprint density at radius 3 is 2.60 bits per heavy atom. The number of halogens is 1. The van der Waals surface area contributed by atoms with E-state index < -0.39 is 0 Å². The maximum Gasteiger partial charge on any atom is 0.270 e. The fourth-order valence-corrected chi connectivity index (χ4v) is 3.22. The molecule has 3 rings (SSSR count). The molecular weight excluding hydrogens is 336 g/mol. The van der Waals surface area contributed by atoms with Gasteiger partial charge < -0.3 is 10.6 Å². The van der Waals surface area contributed by atoms with Crippen molar-refractivity contribution in [3.05, 3.63) is 52.4 Å². The Kier molecular flexibility index (Phi) is 5.87. The zero-order valence-corrected chi connectivity index (χ0v) is 15.1. The molecule has 0 spiro atoms. The lowest BCUT2D eigenvalue weighted by atomic mass is 9.95. The van der Waals surface area contributed by atoms with Gasteiger partial charge in [0.2, 0.25) is 0 Å². The van der Waals surface area contributed by atoms with Crippen molar-refractivity contribution in [3.8, 4) is 0 Å². The molecule has 1 aliphatic carbocycles. The van der Waals surface area contributed by atoms with Crippen LogP contribution in [0.15, 0.2) is 30.3 Å². The summed E-state index contributed by atoms with van der Waals surface area (Å²) in [6.07, 6.45) is 6.11. The number of nitrogens with one attached hydrogen (secondary N) is 2. The fourth-order valence-electron chi connectivity index (χ4n) is 3.09. The van der Waals surface area contributed by atoms with Gasteiger partial charge in [-0.3, -0.25) is 4.79 Å². The van der Waals surface area contributed by atoms with Gasteiger partial charge in [-0.1, -0.05) is 43.0 Å². The van der Waals surface area contributed by atoms with Crippen LogP contribution in [0.25, 0.3) is 0 Å². The van der Waals surface area contributed by atoms with E-state index in [9.17, 15) is 4.79 Å². The van der Waals surface area contributed by atoms with Gasteiger partial charge in [-0.15, -0.1) is 0 Å². The van der Waals surface area contributed by atoms with Gasteiger partial charge in [0, 0.05) is 23.7 Å². The molecule has 0 saturated heterocycles. The monoisotopic (exact) mass is 358 g/mol. The van der Waals surface area contributed by atoms with Gasteiger partial charge in [-0.25, -0.2) is 9.97 Å². The molecule has 6 heteroatoms. The lowest BCUT2D eigenvalue weighted by molar-refractivity contribution is 0.0945. The van der Waals surface area contributed by atoms with E-state index >= 15 is 0 Å². The highest BCUT2D eigenvalue weighted by Gasteiger charge is 2.16. The van der Waals surface area contributed by atoms with Gasteiger partial charge in [0.25, 0.3) is 5.91 Å². The highest BCUT2D eigenvalue weighted by Crippen LogP contribution is 2.21. The van der Waals surface area contributed by atoms with Crippen LogP contribution >= 0.6 is 11.6 Å². The molecule has 1 heterocycles. The number of amides is 1. The predicted molar refractivity (Wildman–Crippen MR) is 99.9 cm³/mol. The SMILES string of the molecule is Cc1nc(NC2CCCCC2)cc(C(=O)NCc2ccc(Cl)cc2)n1. The highest BCUT2D eigenvalue weighted by atomic mass is 35.5. The number of aromatic nitrogens is 2. The van der Waals surface area contributed by atoms with E-state index in [-0.39, 0.29) is 5.91 Å². The van der Waals surface area contributed by atoms with Gasteiger partial charge in [0.15, 0.2) is 0 Å². The van der Waals surface area contributed by atoms with Crippen molar-refractivity contribution in [2.45, 2.75) is 51.6 Å². The molecule has 132 valence electrons. The summed E-state index contributed by atoms with van der Waals surface area (Å²) in [5.74, 6) is 1.13. The lowest BCUT2D eigenvalue weighted by Gasteiger charge is -2.23. The second-order valence-electron chi connectivity index (χ2n) is 6.47. The molecule has 2 N–H and O–H groups in total. The Morgan fingerprint density at radius 1 is 1.16 bits per heavy atom. The number of carbonyl (C=O) groups excluding carboxylic acids is 1. The maximum absolute atomic E-state index is 12.4. The first-order valence-electron chi connectivity index (χ1n) is 8.75. The zero-order valence-electron chi connectivity index (χ0n) is 14.4. The number of nitrogens with zero attached hydrogens (tertiary/aromatic N) is 2. The Labute approximate surface area is 153 Å². The van der Waals surface area contributed by atoms with E-state index in [1.165, 1.54) is 19.3 Å². The molecule has 0 atom stereocenters. The predicted octanol–water partition coefficient (Wildman–Crippen LogP) is 4.11. The largest absolute Gasteiger partial charge is 0.367 e. The lowest BCUT2D eigenvalue weighted by Crippen LogP contribution is -2.26. The first-order valence-corrected chi connectivity index (χ1v) is 9.13. The van der Waals surface area contributed by atoms with E-state index in [0.717, 1.165) is 24.2 Å². The smallest absolute Gasteiger partial charge is 0.270 e. The highest BCUT2D eigenvalue weighted by molar-refractivity contribution is 6.30. The van der Waals surface area contributed by atoms with Crippen LogP contribution in [0.1, 0.15) is 54.0 Å². The van der Waals surface area contributed by atoms with Crippen molar-refractivity contribution < 1.29 is 4.79 Å². The van der Waals surface area contributed by atoms with Crippen molar-refractivity contribution in [1.82, 2.24) is 15.3 Å². The molecule has 1 amide bonds. The van der Waals surface area contributed by atoms with Crippen LogP contribution in [0.5, 0.6) is 0 Å². The van der Waals surface area contributed by atoms with Crippen molar-refractivity contribution in [1.29, 1.82) is 0 Å². The molecule has 25 heavy (non-hydrogen) atoms. The van der Waals surface area contributed by atoms with Crippen LogP contribution in [-0.2, 0) is 6.54 Å². The van der Waals surface area contributed by atoms with Crippen LogP contribution in [0.2, 0.25) is 5.02 Å². The van der Waals surface area contributed by atoms with E-state index in [1.54, 1.807) is 6.07 Å². The molecular formula is C19H23ClN4O. The first-order chi connectivity index (χ1) is 12.1. The van der Waals surface area contributed by atoms with Crippen molar-refractivity contribution in [3.63, 3.8) is 0 Å². The number of anilines is 1. The standard InChI is InChI=1S/C19H23ClN4O/c1-13-22-17(11-18(23-13)24-16-5-3-2-4-6-16)19(25)21-12-14-7-9-15(20)10-8-14/h7-11,16H,2-6,12H2,1H3,(H,21,25)(H,22,23,24). The summed E-state index contributed by atoms with van der Waals surface area (Å²) in [6, 6.07) is 9.58. The summed E-state index contributed by atoms with van der Waals surface area (Å²) in [7, 11) is 0. The third-order valence-corrected chi connectivity index (χ3v) is 4.65. The Morgan fingerprint density at radius 2 is 1.88 bits per heavy atom. The number of rotatable bonds is 5. The van der Waals surface area contributed by atoms with Crippen LogP contribution in [0.3, 0.4) is 0 Å². The van der Waals surface area contributed by atoms with Crippen LogP contribution in [0.4, 0.5) is 5.82 Å². The molecule has 0 radical (unpaired) electrons. The fraction of sp³-hybridized carbons (Fsp3) is 0.421. The van der Waals surface area contributed by atoms with E-state index in [2.05, 4.69) is 20.6 Å². The Hall–Kier alpha value is -2.14. The molecule has 1 aliphatic rings. The summed E-state index contributed by atoms with van der Waals surface area (Å²) in [5.41, 5.74) is 1.38. The average molecular weight is 359 g/mol. The van der Waals surface area contributed by atoms with Crippen LogP contribution in [0, 0.1) is 6.92 Å². The molecule has 0 unspecified atom stereocenters. The van der Waals surface area contributed by atoms with E-state index in [4.69, 9.17) is 11.6 Å². The summed E-state index contributed by atoms with van der Waals surface area (Å²) < 4.78 is 0. The van der Waals surface area contributed by atoms with Crippen molar-refractivity contribution in [2.75, 3.05) is 5.32 Å².